The highest BCUT2D eigenvalue weighted by Crippen LogP contribution is 2.20. The second-order valence-corrected chi connectivity index (χ2v) is 5.74. The molecule has 5 nitrogen and oxygen atoms in total. The van der Waals surface area contributed by atoms with Crippen LogP contribution in [0.25, 0.3) is 10.9 Å². The summed E-state index contributed by atoms with van der Waals surface area (Å²) in [6.07, 6.45) is 1.48. The standard InChI is InChI=1S/C18H15ClN4O/c1-11-2-3-13-9-14(17(19)22-16(13)8-11)10-21-23-18(24)12-4-6-15(20)7-5-12/h2-10H,20H2,1H3,(H,23,24)/b21-10-. The van der Waals surface area contributed by atoms with Gasteiger partial charge < -0.3 is 5.73 Å². The molecule has 1 heterocycles. The largest absolute Gasteiger partial charge is 0.399 e. The van der Waals surface area contributed by atoms with Crippen molar-refractivity contribution in [1.82, 2.24) is 10.4 Å². The third kappa shape index (κ3) is 3.52. The molecule has 0 unspecified atom stereocenters. The Kier molecular flexibility index (Phi) is 4.44. The number of carbonyl (C=O) groups excluding carboxylic acids is 1. The number of hydrogen-bond donors (Lipinski definition) is 2. The number of rotatable bonds is 3. The highest BCUT2D eigenvalue weighted by atomic mass is 35.5. The normalized spacial score (nSPS) is 11.1. The molecule has 3 N–H and O–H groups in total. The number of nitrogen functional groups attached to an aromatic ring is 1. The van der Waals surface area contributed by atoms with Gasteiger partial charge in [0.2, 0.25) is 0 Å². The number of amides is 1. The first-order valence-electron chi connectivity index (χ1n) is 7.29. The van der Waals surface area contributed by atoms with Gasteiger partial charge in [-0.2, -0.15) is 5.10 Å². The first kappa shape index (κ1) is 16.0. The zero-order chi connectivity index (χ0) is 17.1. The molecular weight excluding hydrogens is 324 g/mol. The fourth-order valence-electron chi connectivity index (χ4n) is 2.22. The first-order chi connectivity index (χ1) is 11.5. The van der Waals surface area contributed by atoms with Crippen LogP contribution in [-0.4, -0.2) is 17.1 Å². The van der Waals surface area contributed by atoms with E-state index in [2.05, 4.69) is 15.5 Å². The zero-order valence-electron chi connectivity index (χ0n) is 13.0. The monoisotopic (exact) mass is 338 g/mol. The van der Waals surface area contributed by atoms with Crippen molar-refractivity contribution in [2.24, 2.45) is 5.10 Å². The van der Waals surface area contributed by atoms with Crippen LogP contribution in [-0.2, 0) is 0 Å². The molecule has 0 radical (unpaired) electrons. The van der Waals surface area contributed by atoms with Crippen molar-refractivity contribution >= 4 is 40.3 Å². The number of halogens is 1. The topological polar surface area (TPSA) is 80.4 Å². The predicted octanol–water partition coefficient (Wildman–Crippen LogP) is 3.54. The van der Waals surface area contributed by atoms with Gasteiger partial charge >= 0.3 is 0 Å². The Morgan fingerprint density at radius 1 is 1.21 bits per heavy atom. The minimum absolute atomic E-state index is 0.327. The Morgan fingerprint density at radius 3 is 2.71 bits per heavy atom. The van der Waals surface area contributed by atoms with Gasteiger partial charge in [0, 0.05) is 22.2 Å². The van der Waals surface area contributed by atoms with E-state index in [1.807, 2.05) is 31.2 Å². The van der Waals surface area contributed by atoms with E-state index in [0.717, 1.165) is 16.5 Å². The van der Waals surface area contributed by atoms with E-state index in [1.165, 1.54) is 6.21 Å². The molecule has 0 aliphatic carbocycles. The molecule has 2 aromatic carbocycles. The number of benzene rings is 2. The molecule has 24 heavy (non-hydrogen) atoms. The van der Waals surface area contributed by atoms with Crippen molar-refractivity contribution in [3.8, 4) is 0 Å². The SMILES string of the molecule is Cc1ccc2cc(/C=N\NC(=O)c3ccc(N)cc3)c(Cl)nc2c1. The smallest absolute Gasteiger partial charge is 0.271 e. The van der Waals surface area contributed by atoms with Gasteiger partial charge in [0.25, 0.3) is 5.91 Å². The summed E-state index contributed by atoms with van der Waals surface area (Å²) in [6.45, 7) is 2.00. The molecule has 0 saturated carbocycles. The molecule has 0 fully saturated rings. The molecule has 0 spiro atoms. The van der Waals surface area contributed by atoms with Gasteiger partial charge in [0.1, 0.15) is 5.15 Å². The number of aromatic nitrogens is 1. The number of aryl methyl sites for hydroxylation is 1. The van der Waals surface area contributed by atoms with Gasteiger partial charge in [-0.1, -0.05) is 23.7 Å². The number of hydrazone groups is 1. The van der Waals surface area contributed by atoms with E-state index in [4.69, 9.17) is 17.3 Å². The van der Waals surface area contributed by atoms with Gasteiger partial charge in [0.05, 0.1) is 11.7 Å². The summed E-state index contributed by atoms with van der Waals surface area (Å²) in [6, 6.07) is 14.4. The lowest BCUT2D eigenvalue weighted by atomic mass is 10.1. The quantitative estimate of drug-likeness (QED) is 0.332. The summed E-state index contributed by atoms with van der Waals surface area (Å²) >= 11 is 6.18. The maximum atomic E-state index is 12.0. The van der Waals surface area contributed by atoms with Crippen LogP contribution in [0.15, 0.2) is 53.6 Å². The van der Waals surface area contributed by atoms with Crippen LogP contribution in [0.2, 0.25) is 5.15 Å². The highest BCUT2D eigenvalue weighted by Gasteiger charge is 2.05. The summed E-state index contributed by atoms with van der Waals surface area (Å²) < 4.78 is 0. The fourth-order valence-corrected chi connectivity index (χ4v) is 2.41. The van der Waals surface area contributed by atoms with Gasteiger partial charge in [0.15, 0.2) is 0 Å². The molecule has 120 valence electrons. The molecule has 0 atom stereocenters. The minimum Gasteiger partial charge on any atom is -0.399 e. The van der Waals surface area contributed by atoms with Crippen molar-refractivity contribution in [2.75, 3.05) is 5.73 Å². The van der Waals surface area contributed by atoms with Crippen LogP contribution in [0, 0.1) is 6.92 Å². The molecule has 0 aliphatic rings. The number of carbonyl (C=O) groups is 1. The molecule has 6 heteroatoms. The molecule has 0 bridgehead atoms. The molecule has 3 aromatic rings. The van der Waals surface area contributed by atoms with Gasteiger partial charge in [-0.05, 0) is 48.9 Å². The van der Waals surface area contributed by atoms with Gasteiger partial charge in [-0.3, -0.25) is 4.79 Å². The lowest BCUT2D eigenvalue weighted by Gasteiger charge is -2.03. The third-order valence-corrected chi connectivity index (χ3v) is 3.80. The van der Waals surface area contributed by atoms with Crippen molar-refractivity contribution in [2.45, 2.75) is 6.92 Å². The van der Waals surface area contributed by atoms with E-state index in [1.54, 1.807) is 24.3 Å². The second kappa shape index (κ2) is 6.68. The average Bonchev–Trinajstić information content (AvgIpc) is 2.56. The maximum Gasteiger partial charge on any atom is 0.271 e. The third-order valence-electron chi connectivity index (χ3n) is 3.50. The molecule has 0 saturated heterocycles. The highest BCUT2D eigenvalue weighted by molar-refractivity contribution is 6.32. The van der Waals surface area contributed by atoms with Gasteiger partial charge in [-0.25, -0.2) is 10.4 Å². The van der Waals surface area contributed by atoms with Crippen LogP contribution >= 0.6 is 11.6 Å². The van der Waals surface area contributed by atoms with E-state index >= 15 is 0 Å². The summed E-state index contributed by atoms with van der Waals surface area (Å²) in [5, 5.41) is 5.23. The van der Waals surface area contributed by atoms with E-state index < -0.39 is 0 Å². The first-order valence-corrected chi connectivity index (χ1v) is 7.66. The summed E-state index contributed by atoms with van der Waals surface area (Å²) in [4.78, 5) is 16.3. The number of fused-ring (bicyclic) bond motifs is 1. The Morgan fingerprint density at radius 2 is 1.96 bits per heavy atom. The summed E-state index contributed by atoms with van der Waals surface area (Å²) in [7, 11) is 0. The van der Waals surface area contributed by atoms with Crippen LogP contribution in [0.1, 0.15) is 21.5 Å². The fraction of sp³-hybridized carbons (Fsp3) is 0.0556. The zero-order valence-corrected chi connectivity index (χ0v) is 13.7. The molecule has 1 amide bonds. The lowest BCUT2D eigenvalue weighted by Crippen LogP contribution is -2.17. The maximum absolute atomic E-state index is 12.0. The van der Waals surface area contributed by atoms with Crippen LogP contribution < -0.4 is 11.2 Å². The Bertz CT molecular complexity index is 936. The van der Waals surface area contributed by atoms with Crippen LogP contribution in [0.5, 0.6) is 0 Å². The van der Waals surface area contributed by atoms with Crippen molar-refractivity contribution in [3.63, 3.8) is 0 Å². The van der Waals surface area contributed by atoms with E-state index in [9.17, 15) is 4.79 Å². The van der Waals surface area contributed by atoms with Crippen LogP contribution in [0.4, 0.5) is 5.69 Å². The van der Waals surface area contributed by atoms with Gasteiger partial charge in [-0.15, -0.1) is 0 Å². The van der Waals surface area contributed by atoms with Crippen molar-refractivity contribution in [3.05, 3.63) is 70.4 Å². The molecular formula is C18H15ClN4O. The number of hydrogen-bond acceptors (Lipinski definition) is 4. The second-order valence-electron chi connectivity index (χ2n) is 5.39. The number of pyridine rings is 1. The van der Waals surface area contributed by atoms with Crippen molar-refractivity contribution in [1.29, 1.82) is 0 Å². The number of nitrogens with zero attached hydrogens (tertiary/aromatic N) is 2. The Labute approximate surface area is 144 Å². The Hall–Kier alpha value is -2.92. The van der Waals surface area contributed by atoms with E-state index in [-0.39, 0.29) is 5.91 Å². The summed E-state index contributed by atoms with van der Waals surface area (Å²) in [5.41, 5.74) is 11.7. The molecule has 0 aliphatic heterocycles. The summed E-state index contributed by atoms with van der Waals surface area (Å²) in [5.74, 6) is -0.327. The molecule has 1 aromatic heterocycles. The number of anilines is 1. The van der Waals surface area contributed by atoms with Crippen LogP contribution in [0.3, 0.4) is 0 Å². The molecule has 3 rings (SSSR count). The Balaban J connectivity index is 1.77. The number of nitrogens with one attached hydrogen (secondary N) is 1. The lowest BCUT2D eigenvalue weighted by molar-refractivity contribution is 0.0955. The minimum atomic E-state index is -0.327. The van der Waals surface area contributed by atoms with E-state index in [0.29, 0.717) is 22.0 Å². The van der Waals surface area contributed by atoms with Crippen molar-refractivity contribution < 1.29 is 4.79 Å². The predicted molar refractivity (Wildman–Crippen MR) is 97.4 cm³/mol. The average molecular weight is 339 g/mol. The number of nitrogens with two attached hydrogens (primary N) is 1.